The molecule has 3 rings (SSSR count). The van der Waals surface area contributed by atoms with Gasteiger partial charge in [-0.1, -0.05) is 27.2 Å². The predicted molar refractivity (Wildman–Crippen MR) is 165 cm³/mol. The summed E-state index contributed by atoms with van der Waals surface area (Å²) < 4.78 is 27.8. The van der Waals surface area contributed by atoms with E-state index in [2.05, 4.69) is 5.32 Å². The fourth-order valence-corrected chi connectivity index (χ4v) is 4.60. The minimum atomic E-state index is -1.89. The third kappa shape index (κ3) is 11.5. The van der Waals surface area contributed by atoms with Crippen LogP contribution in [-0.2, 0) is 40.0 Å². The third-order valence-electron chi connectivity index (χ3n) is 7.48. The second kappa shape index (κ2) is 18.2. The first-order chi connectivity index (χ1) is 22.7. The van der Waals surface area contributed by atoms with E-state index in [1.165, 1.54) is 23.1 Å². The highest BCUT2D eigenvalue weighted by atomic mass is 16.7. The van der Waals surface area contributed by atoms with Crippen molar-refractivity contribution in [2.75, 3.05) is 32.9 Å². The summed E-state index contributed by atoms with van der Waals surface area (Å²) in [6, 6.07) is 4.61. The van der Waals surface area contributed by atoms with Crippen molar-refractivity contribution in [1.29, 1.82) is 0 Å². The summed E-state index contributed by atoms with van der Waals surface area (Å²) in [5.74, 6) is -1.98. The Morgan fingerprint density at radius 1 is 0.979 bits per heavy atom. The molecule has 1 aromatic carbocycles. The van der Waals surface area contributed by atoms with E-state index in [0.717, 1.165) is 0 Å². The number of amides is 3. The standard InChI is InChI=1S/C32H46N2O14/c1-32(2,3)31(43)46-18-19-8-9-20(17-21(19)47-30-27(40)25(38)26(39)28(48-30)29(41)42)45-16-15-44-14-12-33-22(35)7-5-4-6-13-34-23(36)10-11-24(34)37/h8-11,17,25-28,30-31,38-40,43H,4-7,12-16,18H2,1-3H3,(H,33,35)(H,41,42)/t25-,26-,27+,28-,30+,31?/m0/s1. The van der Waals surface area contributed by atoms with Gasteiger partial charge < -0.3 is 54.5 Å². The summed E-state index contributed by atoms with van der Waals surface area (Å²) in [7, 11) is 0. The molecular formula is C32H46N2O14. The van der Waals surface area contributed by atoms with Gasteiger partial charge in [-0.05, 0) is 25.0 Å². The molecule has 0 aliphatic carbocycles. The maximum Gasteiger partial charge on any atom is 0.335 e. The monoisotopic (exact) mass is 682 g/mol. The number of carbonyl (C=O) groups excluding carboxylic acids is 3. The quantitative estimate of drug-likeness (QED) is 0.0633. The lowest BCUT2D eigenvalue weighted by Crippen LogP contribution is -2.61. The van der Waals surface area contributed by atoms with Crippen molar-refractivity contribution in [3.05, 3.63) is 35.9 Å². The number of nitrogens with zero attached hydrogens (tertiary/aromatic N) is 1. The second-order valence-corrected chi connectivity index (χ2v) is 12.4. The Morgan fingerprint density at radius 2 is 1.69 bits per heavy atom. The molecule has 2 aliphatic rings. The van der Waals surface area contributed by atoms with Crippen LogP contribution in [0.5, 0.6) is 11.5 Å². The lowest BCUT2D eigenvalue weighted by molar-refractivity contribution is -0.271. The number of benzene rings is 1. The van der Waals surface area contributed by atoms with E-state index < -0.39 is 48.4 Å². The molecule has 0 spiro atoms. The molecule has 2 heterocycles. The van der Waals surface area contributed by atoms with E-state index in [-0.39, 0.29) is 56.4 Å². The number of hydrogen-bond donors (Lipinski definition) is 6. The van der Waals surface area contributed by atoms with E-state index in [1.807, 2.05) is 0 Å². The molecule has 2 aliphatic heterocycles. The maximum absolute atomic E-state index is 12.0. The first-order valence-corrected chi connectivity index (χ1v) is 15.7. The zero-order valence-electron chi connectivity index (χ0n) is 27.3. The van der Waals surface area contributed by atoms with Crippen molar-refractivity contribution in [1.82, 2.24) is 10.2 Å². The van der Waals surface area contributed by atoms with E-state index in [1.54, 1.807) is 32.9 Å². The van der Waals surface area contributed by atoms with Gasteiger partial charge in [0.2, 0.25) is 12.2 Å². The first-order valence-electron chi connectivity index (χ1n) is 15.7. The van der Waals surface area contributed by atoms with Gasteiger partial charge in [-0.15, -0.1) is 0 Å². The number of aliphatic carboxylic acids is 1. The topological polar surface area (TPSA) is 231 Å². The van der Waals surface area contributed by atoms with Gasteiger partial charge in [0, 0.05) is 48.7 Å². The van der Waals surface area contributed by atoms with Crippen molar-refractivity contribution in [2.24, 2.45) is 5.41 Å². The highest BCUT2D eigenvalue weighted by Crippen LogP contribution is 2.31. The Morgan fingerprint density at radius 3 is 2.35 bits per heavy atom. The SMILES string of the molecule is CC(C)(C)C(O)OCc1ccc(OCCOCCNC(=O)CCCCCN2C(=O)C=CC2=O)cc1O[C@@H]1O[C@H](C(=O)O)[C@@H](O)[C@H](O)[C@H]1O. The largest absolute Gasteiger partial charge is 0.491 e. The highest BCUT2D eigenvalue weighted by molar-refractivity contribution is 6.12. The molecule has 3 amide bonds. The highest BCUT2D eigenvalue weighted by Gasteiger charge is 2.48. The molecule has 1 unspecified atom stereocenters. The Labute approximate surface area is 278 Å². The molecule has 1 saturated heterocycles. The number of carbonyl (C=O) groups is 4. The summed E-state index contributed by atoms with van der Waals surface area (Å²) in [4.78, 5) is 47.8. The van der Waals surface area contributed by atoms with E-state index in [9.17, 15) is 44.7 Å². The average molecular weight is 683 g/mol. The molecule has 0 bridgehead atoms. The lowest BCUT2D eigenvalue weighted by atomic mass is 9.96. The number of nitrogens with one attached hydrogen (secondary N) is 1. The molecule has 0 radical (unpaired) electrons. The van der Waals surface area contributed by atoms with Gasteiger partial charge in [0.15, 0.2) is 12.4 Å². The van der Waals surface area contributed by atoms with Crippen molar-refractivity contribution < 1.29 is 68.4 Å². The summed E-state index contributed by atoms with van der Waals surface area (Å²) in [5.41, 5.74) is -0.210. The van der Waals surface area contributed by atoms with Crippen molar-refractivity contribution in [2.45, 2.75) is 90.1 Å². The van der Waals surface area contributed by atoms with Crippen LogP contribution in [-0.4, -0.2) is 124 Å². The summed E-state index contributed by atoms with van der Waals surface area (Å²) in [5, 5.41) is 53.0. The number of aliphatic hydroxyl groups is 4. The van der Waals surface area contributed by atoms with Crippen LogP contribution in [0, 0.1) is 5.41 Å². The Hall–Kier alpha value is -3.64. The van der Waals surface area contributed by atoms with Gasteiger partial charge in [0.05, 0.1) is 19.8 Å². The van der Waals surface area contributed by atoms with Crippen LogP contribution in [0.4, 0.5) is 0 Å². The number of aliphatic hydroxyl groups excluding tert-OH is 4. The Bertz CT molecular complexity index is 1260. The molecule has 268 valence electrons. The van der Waals surface area contributed by atoms with Crippen LogP contribution in [0.1, 0.15) is 52.0 Å². The molecule has 1 fully saturated rings. The van der Waals surface area contributed by atoms with E-state index >= 15 is 0 Å². The fourth-order valence-electron chi connectivity index (χ4n) is 4.60. The van der Waals surface area contributed by atoms with Crippen LogP contribution in [0.2, 0.25) is 0 Å². The smallest absolute Gasteiger partial charge is 0.335 e. The zero-order chi connectivity index (χ0) is 35.4. The molecule has 6 N–H and O–H groups in total. The minimum absolute atomic E-state index is 0.0454. The molecule has 6 atom stereocenters. The fraction of sp³-hybridized carbons (Fsp3) is 0.625. The Balaban J connectivity index is 1.43. The molecular weight excluding hydrogens is 636 g/mol. The molecule has 0 aromatic heterocycles. The van der Waals surface area contributed by atoms with Gasteiger partial charge >= 0.3 is 5.97 Å². The number of carboxylic acids is 1. The molecule has 0 saturated carbocycles. The van der Waals surface area contributed by atoms with E-state index in [4.69, 9.17) is 23.7 Å². The van der Waals surface area contributed by atoms with E-state index in [0.29, 0.717) is 43.5 Å². The van der Waals surface area contributed by atoms with Gasteiger partial charge in [-0.2, -0.15) is 0 Å². The molecule has 48 heavy (non-hydrogen) atoms. The first kappa shape index (κ1) is 38.8. The van der Waals surface area contributed by atoms with Crippen LogP contribution in [0.15, 0.2) is 30.4 Å². The molecule has 1 aromatic rings. The number of imide groups is 1. The van der Waals surface area contributed by atoms with Gasteiger partial charge in [-0.3, -0.25) is 19.3 Å². The lowest BCUT2D eigenvalue weighted by Gasteiger charge is -2.38. The maximum atomic E-state index is 12.0. The number of unbranched alkanes of at least 4 members (excludes halogenated alkanes) is 2. The number of carboxylic acid groups (broad SMARTS) is 1. The summed E-state index contributed by atoms with van der Waals surface area (Å²) >= 11 is 0. The Kier molecular flexibility index (Phi) is 14.7. The predicted octanol–water partition coefficient (Wildman–Crippen LogP) is -0.164. The van der Waals surface area contributed by atoms with Gasteiger partial charge in [0.1, 0.15) is 36.4 Å². The molecule has 16 nitrogen and oxygen atoms in total. The van der Waals surface area contributed by atoms with Crippen molar-refractivity contribution >= 4 is 23.7 Å². The molecule has 16 heteroatoms. The summed E-state index contributed by atoms with van der Waals surface area (Å²) in [6.45, 7) is 6.33. The minimum Gasteiger partial charge on any atom is -0.491 e. The normalized spacial score (nSPS) is 23.3. The third-order valence-corrected chi connectivity index (χ3v) is 7.48. The van der Waals surface area contributed by atoms with Crippen LogP contribution < -0.4 is 14.8 Å². The van der Waals surface area contributed by atoms with Crippen molar-refractivity contribution in [3.8, 4) is 11.5 Å². The van der Waals surface area contributed by atoms with Gasteiger partial charge in [-0.25, -0.2) is 4.79 Å². The average Bonchev–Trinajstić information content (AvgIpc) is 3.35. The zero-order valence-corrected chi connectivity index (χ0v) is 27.3. The van der Waals surface area contributed by atoms with Crippen molar-refractivity contribution in [3.63, 3.8) is 0 Å². The van der Waals surface area contributed by atoms with Crippen LogP contribution in [0.25, 0.3) is 0 Å². The second-order valence-electron chi connectivity index (χ2n) is 12.4. The number of hydrogen-bond acceptors (Lipinski definition) is 13. The van der Waals surface area contributed by atoms with Gasteiger partial charge in [0.25, 0.3) is 11.8 Å². The number of ether oxygens (including phenoxy) is 5. The summed E-state index contributed by atoms with van der Waals surface area (Å²) in [6.07, 6.45) is -5.49. The number of rotatable bonds is 19. The van der Waals surface area contributed by atoms with Crippen LogP contribution >= 0.6 is 0 Å². The van der Waals surface area contributed by atoms with Crippen LogP contribution in [0.3, 0.4) is 0 Å².